The summed E-state index contributed by atoms with van der Waals surface area (Å²) in [7, 11) is 0. The van der Waals surface area contributed by atoms with Crippen LogP contribution < -0.4 is 10.1 Å². The summed E-state index contributed by atoms with van der Waals surface area (Å²) in [5.41, 5.74) is 2.26. The van der Waals surface area contributed by atoms with E-state index in [9.17, 15) is 10.2 Å². The fourth-order valence-corrected chi connectivity index (χ4v) is 4.98. The topological polar surface area (TPSA) is 61.7 Å². The minimum atomic E-state index is -0.595. The van der Waals surface area contributed by atoms with Crippen molar-refractivity contribution in [3.8, 4) is 11.5 Å². The van der Waals surface area contributed by atoms with Gasteiger partial charge >= 0.3 is 0 Å². The molecule has 2 aliphatic carbocycles. The highest BCUT2D eigenvalue weighted by Crippen LogP contribution is 2.61. The lowest BCUT2D eigenvalue weighted by Crippen LogP contribution is -2.64. The molecule has 4 nitrogen and oxygen atoms in total. The second-order valence-electron chi connectivity index (χ2n) is 6.44. The fraction of sp³-hybridized carbons (Fsp3) is 0.500. The molecule has 1 spiro atoms. The first-order valence-corrected chi connectivity index (χ1v) is 7.33. The number of phenolic OH excluding ortho intramolecular Hbond substituents is 1. The highest BCUT2D eigenvalue weighted by molar-refractivity contribution is 5.61. The minimum Gasteiger partial charge on any atom is -0.504 e. The van der Waals surface area contributed by atoms with Crippen molar-refractivity contribution >= 4 is 0 Å². The van der Waals surface area contributed by atoms with Crippen molar-refractivity contribution in [2.75, 3.05) is 6.54 Å². The van der Waals surface area contributed by atoms with Gasteiger partial charge in [0.2, 0.25) is 0 Å². The number of aliphatic hydroxyl groups excluding tert-OH is 1. The van der Waals surface area contributed by atoms with Crippen molar-refractivity contribution in [1.82, 2.24) is 5.32 Å². The van der Waals surface area contributed by atoms with Gasteiger partial charge in [-0.3, -0.25) is 0 Å². The summed E-state index contributed by atoms with van der Waals surface area (Å²) in [6.45, 7) is 0.941. The summed E-state index contributed by atoms with van der Waals surface area (Å²) in [5.74, 6) is 1.16. The van der Waals surface area contributed by atoms with Crippen LogP contribution in [0.4, 0.5) is 0 Å². The summed E-state index contributed by atoms with van der Waals surface area (Å²) < 4.78 is 6.04. The molecule has 1 aromatic rings. The van der Waals surface area contributed by atoms with E-state index < -0.39 is 6.10 Å². The first-order valence-electron chi connectivity index (χ1n) is 7.33. The van der Waals surface area contributed by atoms with Crippen LogP contribution in [0.25, 0.3) is 0 Å². The van der Waals surface area contributed by atoms with Crippen LogP contribution in [0, 0.1) is 5.92 Å². The number of aromatic hydroxyl groups is 1. The van der Waals surface area contributed by atoms with Crippen molar-refractivity contribution in [1.29, 1.82) is 0 Å². The Morgan fingerprint density at radius 3 is 3.10 bits per heavy atom. The van der Waals surface area contributed by atoms with E-state index in [-0.39, 0.29) is 17.3 Å². The maximum absolute atomic E-state index is 10.4. The van der Waals surface area contributed by atoms with E-state index in [1.54, 1.807) is 6.07 Å². The van der Waals surface area contributed by atoms with Crippen LogP contribution in [0.15, 0.2) is 24.3 Å². The third-order valence-corrected chi connectivity index (χ3v) is 5.68. The van der Waals surface area contributed by atoms with E-state index in [0.29, 0.717) is 17.7 Å². The van der Waals surface area contributed by atoms with Gasteiger partial charge in [-0.05, 0) is 31.0 Å². The Labute approximate surface area is 117 Å². The number of nitrogens with one attached hydrogen (secondary N) is 1. The molecule has 0 unspecified atom stereocenters. The molecule has 1 aromatic carbocycles. The lowest BCUT2D eigenvalue weighted by molar-refractivity contribution is -0.0177. The molecule has 0 aromatic heterocycles. The molecule has 4 heteroatoms. The number of piperidine rings is 1. The molecule has 1 saturated heterocycles. The molecule has 0 saturated carbocycles. The zero-order chi connectivity index (χ0) is 13.5. The van der Waals surface area contributed by atoms with E-state index in [1.807, 2.05) is 12.1 Å². The van der Waals surface area contributed by atoms with E-state index in [4.69, 9.17) is 4.74 Å². The lowest BCUT2D eigenvalue weighted by Gasteiger charge is -2.53. The third-order valence-electron chi connectivity index (χ3n) is 5.68. The predicted octanol–water partition coefficient (Wildman–Crippen LogP) is 0.856. The molecule has 2 bridgehead atoms. The minimum absolute atomic E-state index is 0.161. The Balaban J connectivity index is 1.86. The molecule has 0 amide bonds. The summed E-state index contributed by atoms with van der Waals surface area (Å²) >= 11 is 0. The number of hydrogen-bond acceptors (Lipinski definition) is 4. The molecule has 3 N–H and O–H groups in total. The van der Waals surface area contributed by atoms with Gasteiger partial charge in [-0.2, -0.15) is 0 Å². The highest BCUT2D eigenvalue weighted by atomic mass is 16.5. The van der Waals surface area contributed by atoms with Gasteiger partial charge in [0.1, 0.15) is 12.2 Å². The molecule has 2 aliphatic heterocycles. The second-order valence-corrected chi connectivity index (χ2v) is 6.44. The van der Waals surface area contributed by atoms with Gasteiger partial charge in [0.15, 0.2) is 11.5 Å². The first-order chi connectivity index (χ1) is 9.72. The Kier molecular flexibility index (Phi) is 1.89. The zero-order valence-electron chi connectivity index (χ0n) is 11.0. The van der Waals surface area contributed by atoms with Crippen LogP contribution in [-0.2, 0) is 11.8 Å². The predicted molar refractivity (Wildman–Crippen MR) is 72.9 cm³/mol. The van der Waals surface area contributed by atoms with Gasteiger partial charge < -0.3 is 20.3 Å². The molecule has 5 rings (SSSR count). The van der Waals surface area contributed by atoms with Gasteiger partial charge in [0.25, 0.3) is 0 Å². The average Bonchev–Trinajstić information content (AvgIpc) is 2.78. The quantitative estimate of drug-likeness (QED) is 0.612. The Hall–Kier alpha value is -1.52. The van der Waals surface area contributed by atoms with Crippen molar-refractivity contribution in [3.63, 3.8) is 0 Å². The van der Waals surface area contributed by atoms with Gasteiger partial charge in [0.05, 0.1) is 0 Å². The molecule has 20 heavy (non-hydrogen) atoms. The standard InChI is InChI=1S/C16H17NO3/c18-11-3-1-8-7-10-9-2-4-12(19)15-16(9,5-6-17-10)13(8)14(11)20-15/h1-4,9-10,12,15,17-19H,5-7H2/t9-,10+,12+,15-,16-/m0/s1. The van der Waals surface area contributed by atoms with Crippen molar-refractivity contribution in [2.24, 2.45) is 5.92 Å². The van der Waals surface area contributed by atoms with Crippen LogP contribution in [0.2, 0.25) is 0 Å². The van der Waals surface area contributed by atoms with Crippen molar-refractivity contribution < 1.29 is 14.9 Å². The fourth-order valence-electron chi connectivity index (χ4n) is 4.98. The maximum atomic E-state index is 10.4. The molecule has 1 fully saturated rings. The molecule has 0 radical (unpaired) electrons. The molecule has 5 atom stereocenters. The smallest absolute Gasteiger partial charge is 0.165 e. The van der Waals surface area contributed by atoms with E-state index in [0.717, 1.165) is 24.9 Å². The number of rotatable bonds is 0. The van der Waals surface area contributed by atoms with Gasteiger partial charge in [-0.1, -0.05) is 18.2 Å². The van der Waals surface area contributed by atoms with Crippen molar-refractivity contribution in [3.05, 3.63) is 35.4 Å². The van der Waals surface area contributed by atoms with Gasteiger partial charge in [-0.15, -0.1) is 0 Å². The van der Waals surface area contributed by atoms with E-state index in [2.05, 4.69) is 11.4 Å². The normalized spacial score (nSPS) is 43.0. The molecular weight excluding hydrogens is 254 g/mol. The van der Waals surface area contributed by atoms with Gasteiger partial charge in [0, 0.05) is 22.9 Å². The third kappa shape index (κ3) is 1.04. The number of hydrogen-bond donors (Lipinski definition) is 3. The van der Waals surface area contributed by atoms with Crippen molar-refractivity contribution in [2.45, 2.75) is 36.5 Å². The number of benzene rings is 1. The second kappa shape index (κ2) is 3.38. The maximum Gasteiger partial charge on any atom is 0.165 e. The van der Waals surface area contributed by atoms with Crippen LogP contribution >= 0.6 is 0 Å². The summed E-state index contributed by atoms with van der Waals surface area (Å²) in [6, 6.07) is 4.14. The van der Waals surface area contributed by atoms with Crippen LogP contribution in [0.5, 0.6) is 11.5 Å². The number of aliphatic hydroxyl groups is 1. The Bertz CT molecular complexity index is 641. The zero-order valence-corrected chi connectivity index (χ0v) is 11.0. The Morgan fingerprint density at radius 1 is 1.30 bits per heavy atom. The summed E-state index contributed by atoms with van der Waals surface area (Å²) in [5, 5.41) is 24.1. The average molecular weight is 271 g/mol. The van der Waals surface area contributed by atoms with Crippen LogP contribution in [0.1, 0.15) is 17.5 Å². The number of ether oxygens (including phenoxy) is 1. The summed E-state index contributed by atoms with van der Waals surface area (Å²) in [4.78, 5) is 0. The highest BCUT2D eigenvalue weighted by Gasteiger charge is 2.63. The summed E-state index contributed by atoms with van der Waals surface area (Å²) in [6.07, 6.45) is 5.08. The van der Waals surface area contributed by atoms with Crippen LogP contribution in [0.3, 0.4) is 0 Å². The number of phenols is 1. The Morgan fingerprint density at radius 2 is 2.20 bits per heavy atom. The van der Waals surface area contributed by atoms with E-state index >= 15 is 0 Å². The molecular formula is C16H17NO3. The van der Waals surface area contributed by atoms with Gasteiger partial charge in [-0.25, -0.2) is 0 Å². The SMILES string of the molecule is Oc1ccc2c3c1O[C@H]1[C@H](O)C=C[C@H]4[C@@H](C2)NCC[C@@]341. The molecule has 4 aliphatic rings. The largest absolute Gasteiger partial charge is 0.504 e. The monoisotopic (exact) mass is 271 g/mol. The lowest BCUT2D eigenvalue weighted by atomic mass is 9.54. The van der Waals surface area contributed by atoms with Crippen LogP contribution in [-0.4, -0.2) is 35.0 Å². The first kappa shape index (κ1) is 11.2. The molecule has 104 valence electrons. The molecule has 2 heterocycles. The van der Waals surface area contributed by atoms with E-state index in [1.165, 1.54) is 5.56 Å².